The lowest BCUT2D eigenvalue weighted by Crippen LogP contribution is -2.36. The van der Waals surface area contributed by atoms with Crippen LogP contribution in [0.15, 0.2) is 59.8 Å². The number of nitrogens with two attached hydrogens (primary N) is 1. The SMILES string of the molecule is COC(=O)C1(C(=O)OC)C=C(c2ccc(F)cc2)C(c2ccc(S(N)(=O)=O)nc2)=C1. The normalized spacial score (nSPS) is 15.2. The molecule has 156 valence electrons. The standard InChI is InChI=1S/C20H17FN2O6S/c1-28-18(24)20(19(25)29-2)9-15(12-3-6-14(21)7-4-12)16(10-20)13-5-8-17(23-11-13)30(22,26)27/h3-11H,1-2H3,(H2,22,26,27). The van der Waals surface area contributed by atoms with Gasteiger partial charge >= 0.3 is 11.9 Å². The predicted molar refractivity (Wildman–Crippen MR) is 104 cm³/mol. The fourth-order valence-corrected chi connectivity index (χ4v) is 3.58. The van der Waals surface area contributed by atoms with E-state index in [1.54, 1.807) is 0 Å². The van der Waals surface area contributed by atoms with Crippen molar-refractivity contribution in [3.63, 3.8) is 0 Å². The van der Waals surface area contributed by atoms with Crippen LogP contribution in [0.4, 0.5) is 4.39 Å². The van der Waals surface area contributed by atoms with Gasteiger partial charge in [0.1, 0.15) is 5.82 Å². The summed E-state index contributed by atoms with van der Waals surface area (Å²) in [7, 11) is -1.74. The number of allylic oxidation sites excluding steroid dienone is 2. The Morgan fingerprint density at radius 2 is 1.43 bits per heavy atom. The van der Waals surface area contributed by atoms with E-state index in [0.717, 1.165) is 14.2 Å². The zero-order chi connectivity index (χ0) is 22.1. The molecule has 30 heavy (non-hydrogen) atoms. The molecule has 0 fully saturated rings. The number of methoxy groups -OCH3 is 2. The lowest BCUT2D eigenvalue weighted by Gasteiger charge is -2.18. The van der Waals surface area contributed by atoms with Crippen molar-refractivity contribution in [2.45, 2.75) is 5.03 Å². The highest BCUT2D eigenvalue weighted by Crippen LogP contribution is 2.45. The van der Waals surface area contributed by atoms with E-state index in [9.17, 15) is 22.4 Å². The molecule has 0 radical (unpaired) electrons. The van der Waals surface area contributed by atoms with Gasteiger partial charge in [-0.2, -0.15) is 0 Å². The Hall–Kier alpha value is -3.37. The smallest absolute Gasteiger partial charge is 0.331 e. The van der Waals surface area contributed by atoms with Crippen LogP contribution in [-0.2, 0) is 29.1 Å². The summed E-state index contributed by atoms with van der Waals surface area (Å²) in [5.74, 6) is -2.22. The molecule has 0 aliphatic heterocycles. The number of hydrogen-bond acceptors (Lipinski definition) is 7. The third-order valence-electron chi connectivity index (χ3n) is 4.57. The number of rotatable bonds is 5. The van der Waals surface area contributed by atoms with E-state index in [-0.39, 0.29) is 5.03 Å². The van der Waals surface area contributed by atoms with E-state index < -0.39 is 33.2 Å². The number of halogens is 1. The van der Waals surface area contributed by atoms with Crippen LogP contribution in [-0.4, -0.2) is 39.6 Å². The molecule has 1 aliphatic rings. The second-order valence-corrected chi connectivity index (χ2v) is 7.91. The quantitative estimate of drug-likeness (QED) is 0.563. The van der Waals surface area contributed by atoms with Crippen molar-refractivity contribution >= 4 is 33.1 Å². The molecular weight excluding hydrogens is 415 g/mol. The van der Waals surface area contributed by atoms with E-state index in [4.69, 9.17) is 14.6 Å². The van der Waals surface area contributed by atoms with Crippen LogP contribution in [0.1, 0.15) is 11.1 Å². The summed E-state index contributed by atoms with van der Waals surface area (Å²) in [5, 5.41) is 4.73. The van der Waals surface area contributed by atoms with Crippen LogP contribution < -0.4 is 5.14 Å². The topological polar surface area (TPSA) is 126 Å². The fraction of sp³-hybridized carbons (Fsp3) is 0.150. The Morgan fingerprint density at radius 1 is 0.933 bits per heavy atom. The van der Waals surface area contributed by atoms with Crippen molar-refractivity contribution in [1.29, 1.82) is 0 Å². The van der Waals surface area contributed by atoms with Crippen LogP contribution in [0, 0.1) is 11.2 Å². The van der Waals surface area contributed by atoms with Gasteiger partial charge < -0.3 is 9.47 Å². The van der Waals surface area contributed by atoms with Gasteiger partial charge in [0.2, 0.25) is 5.41 Å². The van der Waals surface area contributed by atoms with E-state index >= 15 is 0 Å². The number of aromatic nitrogens is 1. The first-order chi connectivity index (χ1) is 14.1. The van der Waals surface area contributed by atoms with Gasteiger partial charge in [-0.1, -0.05) is 12.1 Å². The van der Waals surface area contributed by atoms with Gasteiger partial charge in [0.15, 0.2) is 5.03 Å². The maximum absolute atomic E-state index is 13.4. The number of carbonyl (C=O) groups is 2. The average Bonchev–Trinajstić information content (AvgIpc) is 3.14. The van der Waals surface area contributed by atoms with Crippen molar-refractivity contribution in [3.05, 3.63) is 71.7 Å². The van der Waals surface area contributed by atoms with Gasteiger partial charge in [0.05, 0.1) is 14.2 Å². The second kappa shape index (κ2) is 7.81. The maximum atomic E-state index is 13.4. The summed E-state index contributed by atoms with van der Waals surface area (Å²) < 4.78 is 46.0. The highest BCUT2D eigenvalue weighted by molar-refractivity contribution is 7.89. The molecule has 0 amide bonds. The summed E-state index contributed by atoms with van der Waals surface area (Å²) in [6, 6.07) is 8.04. The first kappa shape index (κ1) is 21.3. The van der Waals surface area contributed by atoms with Crippen molar-refractivity contribution in [1.82, 2.24) is 4.98 Å². The first-order valence-electron chi connectivity index (χ1n) is 8.50. The number of hydrogen-bond donors (Lipinski definition) is 1. The molecular formula is C20H17FN2O6S. The van der Waals surface area contributed by atoms with Gasteiger partial charge in [-0.05, 0) is 53.1 Å². The molecule has 1 aromatic heterocycles. The molecule has 0 saturated heterocycles. The highest BCUT2D eigenvalue weighted by Gasteiger charge is 2.49. The predicted octanol–water partition coefficient (Wildman–Crippen LogP) is 1.68. The third kappa shape index (κ3) is 3.74. The Bertz CT molecular complexity index is 1150. The summed E-state index contributed by atoms with van der Waals surface area (Å²) in [6.45, 7) is 0. The van der Waals surface area contributed by atoms with Crippen molar-refractivity contribution in [2.75, 3.05) is 14.2 Å². The number of pyridine rings is 1. The Labute approximate surface area is 171 Å². The number of carbonyl (C=O) groups excluding carboxylic acids is 2. The van der Waals surface area contributed by atoms with Crippen LogP contribution >= 0.6 is 0 Å². The monoisotopic (exact) mass is 432 g/mol. The molecule has 2 N–H and O–H groups in total. The highest BCUT2D eigenvalue weighted by atomic mass is 32.2. The van der Waals surface area contributed by atoms with Crippen molar-refractivity contribution in [3.8, 4) is 0 Å². The zero-order valence-corrected chi connectivity index (χ0v) is 16.8. The molecule has 3 rings (SSSR count). The molecule has 0 spiro atoms. The van der Waals surface area contributed by atoms with Crippen molar-refractivity contribution in [2.24, 2.45) is 10.6 Å². The third-order valence-corrected chi connectivity index (χ3v) is 5.40. The molecule has 10 heteroatoms. The summed E-state index contributed by atoms with van der Waals surface area (Å²) in [4.78, 5) is 28.9. The minimum absolute atomic E-state index is 0.343. The molecule has 1 aromatic carbocycles. The lowest BCUT2D eigenvalue weighted by atomic mass is 9.89. The number of benzene rings is 1. The molecule has 1 heterocycles. The Kier molecular flexibility index (Phi) is 5.55. The van der Waals surface area contributed by atoms with Crippen LogP contribution in [0.25, 0.3) is 11.1 Å². The van der Waals surface area contributed by atoms with Crippen molar-refractivity contribution < 1.29 is 31.9 Å². The van der Waals surface area contributed by atoms with E-state index in [0.29, 0.717) is 22.3 Å². The molecule has 0 bridgehead atoms. The van der Waals surface area contributed by atoms with Gasteiger partial charge in [-0.25, -0.2) is 22.9 Å². The Balaban J connectivity index is 2.23. The maximum Gasteiger partial charge on any atom is 0.331 e. The number of ether oxygens (including phenoxy) is 2. The second-order valence-electron chi connectivity index (χ2n) is 6.41. The van der Waals surface area contributed by atoms with Crippen LogP contribution in [0.5, 0.6) is 0 Å². The minimum Gasteiger partial charge on any atom is -0.468 e. The first-order valence-corrected chi connectivity index (χ1v) is 10.0. The van der Waals surface area contributed by atoms with E-state index in [1.165, 1.54) is 54.7 Å². The number of primary sulfonamides is 1. The summed E-state index contributed by atoms with van der Waals surface area (Å²) >= 11 is 0. The average molecular weight is 432 g/mol. The van der Waals surface area contributed by atoms with Gasteiger partial charge in [-0.15, -0.1) is 0 Å². The van der Waals surface area contributed by atoms with Crippen LogP contribution in [0.3, 0.4) is 0 Å². The van der Waals surface area contributed by atoms with Gasteiger partial charge in [0, 0.05) is 11.8 Å². The Morgan fingerprint density at radius 3 is 1.87 bits per heavy atom. The van der Waals surface area contributed by atoms with Gasteiger partial charge in [0.25, 0.3) is 10.0 Å². The fourth-order valence-electron chi connectivity index (χ4n) is 3.12. The zero-order valence-electron chi connectivity index (χ0n) is 16.0. The lowest BCUT2D eigenvalue weighted by molar-refractivity contribution is -0.161. The number of esters is 2. The van der Waals surface area contributed by atoms with Crippen LogP contribution in [0.2, 0.25) is 0 Å². The largest absolute Gasteiger partial charge is 0.468 e. The molecule has 2 aromatic rings. The molecule has 8 nitrogen and oxygen atoms in total. The molecule has 0 saturated carbocycles. The summed E-state index contributed by atoms with van der Waals surface area (Å²) in [6.07, 6.45) is 3.95. The number of sulfonamides is 1. The number of nitrogens with zero attached hydrogens (tertiary/aromatic N) is 1. The molecule has 0 atom stereocenters. The van der Waals surface area contributed by atoms with E-state index in [2.05, 4.69) is 4.98 Å². The summed E-state index contributed by atoms with van der Waals surface area (Å²) in [5.41, 5.74) is -0.177. The molecule has 0 unspecified atom stereocenters. The molecule has 1 aliphatic carbocycles. The van der Waals surface area contributed by atoms with E-state index in [1.807, 2.05) is 0 Å². The minimum atomic E-state index is -4.01. The van der Waals surface area contributed by atoms with Gasteiger partial charge in [-0.3, -0.25) is 9.59 Å².